The number of hydrogen-bond donors (Lipinski definition) is 3. The molecule has 34 heavy (non-hydrogen) atoms. The number of carbonyl (C=O) groups excluding carboxylic acids is 1. The number of aryl methyl sites for hydroxylation is 1. The van der Waals surface area contributed by atoms with Crippen LogP contribution in [0.1, 0.15) is 26.3 Å². The third kappa shape index (κ3) is 6.06. The number of anilines is 1. The highest BCUT2D eigenvalue weighted by Crippen LogP contribution is 2.31. The number of aromatic nitrogens is 3. The second-order valence-corrected chi connectivity index (χ2v) is 9.10. The van der Waals surface area contributed by atoms with Gasteiger partial charge in [0.1, 0.15) is 28.4 Å². The van der Waals surface area contributed by atoms with Crippen LogP contribution in [0, 0.1) is 6.92 Å². The van der Waals surface area contributed by atoms with Crippen LogP contribution < -0.4 is 16.4 Å². The minimum Gasteiger partial charge on any atom is -0.444 e. The van der Waals surface area contributed by atoms with Crippen molar-refractivity contribution in [3.05, 3.63) is 70.4 Å². The van der Waals surface area contributed by atoms with Crippen molar-refractivity contribution in [2.45, 2.75) is 33.3 Å². The van der Waals surface area contributed by atoms with Gasteiger partial charge in [-0.2, -0.15) is 5.10 Å². The number of fused-ring (bicyclic) bond motifs is 1. The third-order valence-electron chi connectivity index (χ3n) is 4.33. The molecule has 3 aromatic rings. The van der Waals surface area contributed by atoms with Crippen molar-refractivity contribution >= 4 is 52.4 Å². The molecule has 0 fully saturated rings. The van der Waals surface area contributed by atoms with Crippen molar-refractivity contribution in [1.29, 1.82) is 0 Å². The summed E-state index contributed by atoms with van der Waals surface area (Å²) in [5, 5.41) is 11.9. The van der Waals surface area contributed by atoms with Gasteiger partial charge in [0.2, 0.25) is 0 Å². The summed E-state index contributed by atoms with van der Waals surface area (Å²) in [4.78, 5) is 20.6. The summed E-state index contributed by atoms with van der Waals surface area (Å²) >= 11 is 12.7. The van der Waals surface area contributed by atoms with E-state index in [0.29, 0.717) is 32.5 Å². The Hall–Kier alpha value is -3.56. The second-order valence-electron chi connectivity index (χ2n) is 8.28. The second kappa shape index (κ2) is 10.1. The largest absolute Gasteiger partial charge is 0.444 e. The van der Waals surface area contributed by atoms with Crippen molar-refractivity contribution in [2.75, 3.05) is 5.32 Å². The van der Waals surface area contributed by atoms with Crippen LogP contribution in [0.4, 0.5) is 10.6 Å². The summed E-state index contributed by atoms with van der Waals surface area (Å²) in [6.45, 7) is 11.0. The van der Waals surface area contributed by atoms with Gasteiger partial charge in [0, 0.05) is 24.2 Å². The van der Waals surface area contributed by atoms with Crippen LogP contribution in [0.25, 0.3) is 16.6 Å². The molecule has 0 saturated heterocycles. The number of nitrogens with zero attached hydrogens (tertiary/aromatic N) is 4. The van der Waals surface area contributed by atoms with Gasteiger partial charge in [-0.1, -0.05) is 35.8 Å². The van der Waals surface area contributed by atoms with Crippen LogP contribution in [0.15, 0.2) is 59.8 Å². The van der Waals surface area contributed by atoms with E-state index in [0.717, 1.165) is 11.9 Å². The number of carbonyl (C=O) groups is 1. The van der Waals surface area contributed by atoms with Crippen LogP contribution in [0.5, 0.6) is 0 Å². The zero-order chi connectivity index (χ0) is 25.0. The van der Waals surface area contributed by atoms with Gasteiger partial charge in [0.25, 0.3) is 0 Å². The molecule has 0 aliphatic heterocycles. The fraction of sp³-hybridized carbons (Fsp3) is 0.217. The molecular weight excluding hydrogens is 477 g/mol. The quantitative estimate of drug-likeness (QED) is 0.239. The van der Waals surface area contributed by atoms with Gasteiger partial charge in [-0.05, 0) is 45.4 Å². The molecular formula is C23H25Cl2N7O2. The predicted molar refractivity (Wildman–Crippen MR) is 137 cm³/mol. The molecule has 11 heteroatoms. The number of alkyl carbamates (subject to hydrolysis) is 1. The summed E-state index contributed by atoms with van der Waals surface area (Å²) < 4.78 is 6.84. The lowest BCUT2D eigenvalue weighted by molar-refractivity contribution is 0.0548. The number of ether oxygens (including phenoxy) is 1. The Bertz CT molecular complexity index is 1290. The number of allylic oxidation sites excluding steroid dienone is 1. The van der Waals surface area contributed by atoms with Crippen LogP contribution in [-0.4, -0.2) is 32.8 Å². The highest BCUT2D eigenvalue weighted by molar-refractivity contribution is 6.37. The number of amides is 1. The highest BCUT2D eigenvalue weighted by atomic mass is 35.5. The number of benzene rings is 1. The topological polar surface area (TPSA) is 119 Å². The number of para-hydroxylation sites is 1. The summed E-state index contributed by atoms with van der Waals surface area (Å²) in [5.74, 6) is 0.738. The van der Waals surface area contributed by atoms with Crippen LogP contribution >= 0.6 is 23.2 Å². The molecule has 9 nitrogen and oxygen atoms in total. The van der Waals surface area contributed by atoms with Crippen LogP contribution in [0.2, 0.25) is 10.0 Å². The monoisotopic (exact) mass is 501 g/mol. The third-order valence-corrected chi connectivity index (χ3v) is 4.94. The Balaban J connectivity index is 1.95. The van der Waals surface area contributed by atoms with Crippen molar-refractivity contribution in [3.8, 4) is 5.69 Å². The molecule has 0 unspecified atom stereocenters. The highest BCUT2D eigenvalue weighted by Gasteiger charge is 2.17. The van der Waals surface area contributed by atoms with Gasteiger partial charge in [0.05, 0.1) is 21.8 Å². The lowest BCUT2D eigenvalue weighted by atomic mass is 10.2. The Morgan fingerprint density at radius 2 is 1.97 bits per heavy atom. The number of pyridine rings is 1. The van der Waals surface area contributed by atoms with Gasteiger partial charge in [0.15, 0.2) is 0 Å². The van der Waals surface area contributed by atoms with E-state index < -0.39 is 11.7 Å². The standard InChI is InChI=1S/C23H25Cl2N7O2/c1-13-10-27-21(15-11-32(31-19(13)15)20-16(24)7-6-8-17(20)25)30-18(28-12-26)9-14(2)29-22(33)34-23(3,4)5/h6-12H,2H2,1,3-5H3,(H2,26,28)(H,27,30)(H,29,33)/b18-9+. The Labute approximate surface area is 207 Å². The first-order valence-electron chi connectivity index (χ1n) is 10.2. The summed E-state index contributed by atoms with van der Waals surface area (Å²) in [7, 11) is 0. The van der Waals surface area contributed by atoms with Gasteiger partial charge in [-0.25, -0.2) is 19.5 Å². The Morgan fingerprint density at radius 3 is 2.59 bits per heavy atom. The molecule has 3 rings (SSSR count). The van der Waals surface area contributed by atoms with Crippen LogP contribution in [-0.2, 0) is 4.74 Å². The Morgan fingerprint density at radius 1 is 1.29 bits per heavy atom. The van der Waals surface area contributed by atoms with Crippen molar-refractivity contribution in [3.63, 3.8) is 0 Å². The van der Waals surface area contributed by atoms with Gasteiger partial charge < -0.3 is 15.8 Å². The molecule has 2 aromatic heterocycles. The maximum Gasteiger partial charge on any atom is 0.412 e. The fourth-order valence-electron chi connectivity index (χ4n) is 3.00. The normalized spacial score (nSPS) is 12.2. The lowest BCUT2D eigenvalue weighted by Crippen LogP contribution is -2.31. The van der Waals surface area contributed by atoms with Gasteiger partial charge in [-0.15, -0.1) is 0 Å². The average Bonchev–Trinajstić information content (AvgIpc) is 3.14. The smallest absolute Gasteiger partial charge is 0.412 e. The molecule has 0 atom stereocenters. The predicted octanol–water partition coefficient (Wildman–Crippen LogP) is 5.31. The number of nitrogens with two attached hydrogens (primary N) is 1. The molecule has 0 saturated carbocycles. The molecule has 1 amide bonds. The SMILES string of the molecule is C=C(/C=C(\N=C/N)Nc1ncc(C)c2nn(-c3c(Cl)cccc3Cl)cc12)NC(=O)OC(C)(C)C. The lowest BCUT2D eigenvalue weighted by Gasteiger charge is -2.19. The van der Waals surface area contributed by atoms with E-state index in [1.807, 2.05) is 6.92 Å². The molecule has 0 bridgehead atoms. The average molecular weight is 502 g/mol. The summed E-state index contributed by atoms with van der Waals surface area (Å²) in [5.41, 5.74) is 7.20. The van der Waals surface area contributed by atoms with E-state index in [9.17, 15) is 4.79 Å². The number of halogens is 2. The van der Waals surface area contributed by atoms with E-state index in [-0.39, 0.29) is 11.5 Å². The molecule has 2 heterocycles. The molecule has 178 valence electrons. The number of hydrogen-bond acceptors (Lipinski definition) is 6. The minimum atomic E-state index is -0.646. The first kappa shape index (κ1) is 25.1. The molecule has 0 aliphatic rings. The Kier molecular flexibility index (Phi) is 7.48. The van der Waals surface area contributed by atoms with Crippen molar-refractivity contribution in [2.24, 2.45) is 10.7 Å². The van der Waals surface area contributed by atoms with Crippen molar-refractivity contribution < 1.29 is 9.53 Å². The van der Waals surface area contributed by atoms with E-state index in [2.05, 4.69) is 32.3 Å². The minimum absolute atomic E-state index is 0.240. The number of nitrogens with one attached hydrogen (secondary N) is 2. The maximum absolute atomic E-state index is 12.0. The first-order chi connectivity index (χ1) is 16.0. The summed E-state index contributed by atoms with van der Waals surface area (Å²) in [6, 6.07) is 5.23. The maximum atomic E-state index is 12.0. The molecule has 0 spiro atoms. The van der Waals surface area contributed by atoms with Crippen LogP contribution in [0.3, 0.4) is 0 Å². The van der Waals surface area contributed by atoms with Crippen molar-refractivity contribution in [1.82, 2.24) is 20.1 Å². The zero-order valence-corrected chi connectivity index (χ0v) is 20.7. The first-order valence-corrected chi connectivity index (χ1v) is 11.0. The van der Waals surface area contributed by atoms with Gasteiger partial charge in [-0.3, -0.25) is 5.32 Å². The fourth-order valence-corrected chi connectivity index (χ4v) is 3.57. The van der Waals surface area contributed by atoms with E-state index in [1.165, 1.54) is 6.08 Å². The molecule has 0 aliphatic carbocycles. The molecule has 4 N–H and O–H groups in total. The molecule has 1 aromatic carbocycles. The number of aliphatic imine (C=N–C) groups is 1. The van der Waals surface area contributed by atoms with E-state index in [1.54, 1.807) is 56.0 Å². The number of rotatable bonds is 6. The van der Waals surface area contributed by atoms with Gasteiger partial charge >= 0.3 is 6.09 Å². The van der Waals surface area contributed by atoms with E-state index >= 15 is 0 Å². The van der Waals surface area contributed by atoms with E-state index in [4.69, 9.17) is 33.7 Å². The zero-order valence-electron chi connectivity index (χ0n) is 19.2. The summed E-state index contributed by atoms with van der Waals surface area (Å²) in [6.07, 6.45) is 5.41. The molecule has 0 radical (unpaired) electrons.